The lowest BCUT2D eigenvalue weighted by Gasteiger charge is -2.33. The molecule has 2 saturated heterocycles. The molecule has 0 aliphatic carbocycles. The highest BCUT2D eigenvalue weighted by Crippen LogP contribution is 2.23. The van der Waals surface area contributed by atoms with Crippen molar-refractivity contribution >= 4 is 27.5 Å². The van der Waals surface area contributed by atoms with Crippen LogP contribution in [-0.2, 0) is 14.8 Å². The number of likely N-dealkylation sites (N-methyl/N-ethyl adjacent to an activating group) is 1. The summed E-state index contributed by atoms with van der Waals surface area (Å²) in [6, 6.07) is 4.32. The summed E-state index contributed by atoms with van der Waals surface area (Å²) in [5.41, 5.74) is 0.276. The van der Waals surface area contributed by atoms with Crippen LogP contribution < -0.4 is 10.0 Å². The molecule has 31 heavy (non-hydrogen) atoms. The number of carbonyl (C=O) groups is 1. The summed E-state index contributed by atoms with van der Waals surface area (Å²) < 4.78 is 33.3. The monoisotopic (exact) mass is 472 g/mol. The summed E-state index contributed by atoms with van der Waals surface area (Å²) in [4.78, 5) is 17.3. The maximum absolute atomic E-state index is 12.7. The minimum atomic E-state index is -3.83. The van der Waals surface area contributed by atoms with E-state index in [-0.39, 0.29) is 34.0 Å². The number of rotatable bonds is 10. The summed E-state index contributed by atoms with van der Waals surface area (Å²) in [5.74, 6) is -0.303. The lowest BCUT2D eigenvalue weighted by Crippen LogP contribution is -2.46. The van der Waals surface area contributed by atoms with Crippen LogP contribution in [0.4, 0.5) is 0 Å². The van der Waals surface area contributed by atoms with Gasteiger partial charge in [-0.1, -0.05) is 18.5 Å². The maximum Gasteiger partial charge on any atom is 0.251 e. The van der Waals surface area contributed by atoms with Gasteiger partial charge in [-0.3, -0.25) is 4.79 Å². The van der Waals surface area contributed by atoms with Gasteiger partial charge in [0.15, 0.2) is 0 Å². The van der Waals surface area contributed by atoms with Gasteiger partial charge in [-0.15, -0.1) is 0 Å². The Kier molecular flexibility index (Phi) is 9.12. The molecule has 0 saturated carbocycles. The predicted molar refractivity (Wildman–Crippen MR) is 121 cm³/mol. The lowest BCUT2D eigenvalue weighted by atomic mass is 10.2. The standard InChI is InChI=1S/C21H33ClN4O4S/c1-2-25-10-12-26(13-11-25)9-4-8-23-21(27)17-6-7-19(22)20(15-17)31(28,29)24-16-18-5-3-14-30-18/h6-7,15,18,24H,2-5,8-14,16H2,1H3,(H,23,27). The molecule has 1 aromatic rings. The zero-order valence-electron chi connectivity index (χ0n) is 18.1. The van der Waals surface area contributed by atoms with Crippen LogP contribution in [0.15, 0.2) is 23.1 Å². The van der Waals surface area contributed by atoms with Crippen molar-refractivity contribution < 1.29 is 17.9 Å². The van der Waals surface area contributed by atoms with Crippen molar-refractivity contribution in [2.45, 2.75) is 37.2 Å². The van der Waals surface area contributed by atoms with Gasteiger partial charge >= 0.3 is 0 Å². The van der Waals surface area contributed by atoms with E-state index in [1.807, 2.05) is 0 Å². The number of nitrogens with one attached hydrogen (secondary N) is 2. The first-order valence-electron chi connectivity index (χ1n) is 11.0. The SMILES string of the molecule is CCN1CCN(CCCNC(=O)c2ccc(Cl)c(S(=O)(=O)NCC3CCCO3)c2)CC1. The van der Waals surface area contributed by atoms with Gasteiger partial charge in [0.2, 0.25) is 10.0 Å². The van der Waals surface area contributed by atoms with Crippen molar-refractivity contribution in [3.8, 4) is 0 Å². The molecular weight excluding hydrogens is 440 g/mol. The molecule has 2 heterocycles. The van der Waals surface area contributed by atoms with Gasteiger partial charge in [-0.25, -0.2) is 13.1 Å². The number of benzene rings is 1. The van der Waals surface area contributed by atoms with Crippen molar-refractivity contribution in [2.75, 3.05) is 59.0 Å². The van der Waals surface area contributed by atoms with Crippen LogP contribution >= 0.6 is 11.6 Å². The third kappa shape index (κ3) is 7.13. The predicted octanol–water partition coefficient (Wildman–Crippen LogP) is 1.55. The number of piperazine rings is 1. The van der Waals surface area contributed by atoms with E-state index in [4.69, 9.17) is 16.3 Å². The molecule has 2 fully saturated rings. The second-order valence-electron chi connectivity index (χ2n) is 8.02. The Morgan fingerprint density at radius 2 is 1.97 bits per heavy atom. The second kappa shape index (κ2) is 11.6. The highest BCUT2D eigenvalue weighted by atomic mass is 35.5. The van der Waals surface area contributed by atoms with E-state index in [1.165, 1.54) is 12.1 Å². The van der Waals surface area contributed by atoms with E-state index in [0.717, 1.165) is 58.5 Å². The minimum Gasteiger partial charge on any atom is -0.377 e. The fourth-order valence-corrected chi connectivity index (χ4v) is 5.46. The molecule has 1 amide bonds. The molecule has 10 heteroatoms. The van der Waals surface area contributed by atoms with E-state index >= 15 is 0 Å². The van der Waals surface area contributed by atoms with E-state index in [9.17, 15) is 13.2 Å². The normalized spacial score (nSPS) is 20.8. The van der Waals surface area contributed by atoms with Gasteiger partial charge in [0.1, 0.15) is 4.90 Å². The quantitative estimate of drug-likeness (QED) is 0.502. The smallest absolute Gasteiger partial charge is 0.251 e. The molecule has 0 aromatic heterocycles. The third-order valence-electron chi connectivity index (χ3n) is 5.86. The molecule has 8 nitrogen and oxygen atoms in total. The van der Waals surface area contributed by atoms with Crippen LogP contribution in [0.2, 0.25) is 5.02 Å². The Bertz CT molecular complexity index is 838. The third-order valence-corrected chi connectivity index (χ3v) is 7.76. The summed E-state index contributed by atoms with van der Waals surface area (Å²) in [6.07, 6.45) is 2.48. The second-order valence-corrected chi connectivity index (χ2v) is 10.2. The largest absolute Gasteiger partial charge is 0.377 e. The van der Waals surface area contributed by atoms with Gasteiger partial charge in [0.25, 0.3) is 5.91 Å². The minimum absolute atomic E-state index is 0.0858. The molecule has 0 bridgehead atoms. The first-order valence-corrected chi connectivity index (χ1v) is 12.9. The average molecular weight is 473 g/mol. The van der Waals surface area contributed by atoms with E-state index in [2.05, 4.69) is 26.8 Å². The van der Waals surface area contributed by atoms with E-state index in [1.54, 1.807) is 6.07 Å². The summed E-state index contributed by atoms with van der Waals surface area (Å²) in [7, 11) is -3.83. The van der Waals surface area contributed by atoms with Crippen LogP contribution in [0.3, 0.4) is 0 Å². The molecular formula is C21H33ClN4O4S. The summed E-state index contributed by atoms with van der Waals surface area (Å²) in [5, 5.41) is 2.96. The van der Waals surface area contributed by atoms with Crippen molar-refractivity contribution in [1.29, 1.82) is 0 Å². The van der Waals surface area contributed by atoms with Crippen molar-refractivity contribution in [3.05, 3.63) is 28.8 Å². The van der Waals surface area contributed by atoms with Crippen LogP contribution in [0, 0.1) is 0 Å². The van der Waals surface area contributed by atoms with Crippen LogP contribution in [0.25, 0.3) is 0 Å². The fraction of sp³-hybridized carbons (Fsp3) is 0.667. The number of hydrogen-bond donors (Lipinski definition) is 2. The van der Waals surface area contributed by atoms with Gasteiger partial charge in [0.05, 0.1) is 11.1 Å². The molecule has 0 spiro atoms. The number of carbonyl (C=O) groups excluding carboxylic acids is 1. The molecule has 2 aliphatic heterocycles. The van der Waals surface area contributed by atoms with Gasteiger partial charge in [-0.05, 0) is 50.6 Å². The molecule has 3 rings (SSSR count). The molecule has 174 valence electrons. The van der Waals surface area contributed by atoms with Crippen LogP contribution in [-0.4, -0.2) is 89.2 Å². The molecule has 0 radical (unpaired) electrons. The number of nitrogens with zero attached hydrogens (tertiary/aromatic N) is 2. The Balaban J connectivity index is 1.48. The van der Waals surface area contributed by atoms with Crippen molar-refractivity contribution in [1.82, 2.24) is 19.8 Å². The Labute approximate surface area is 190 Å². The molecule has 2 aliphatic rings. The number of hydrogen-bond acceptors (Lipinski definition) is 6. The first-order chi connectivity index (χ1) is 14.9. The highest BCUT2D eigenvalue weighted by Gasteiger charge is 2.23. The summed E-state index contributed by atoms with van der Waals surface area (Å²) in [6.45, 7) is 9.88. The van der Waals surface area contributed by atoms with Crippen LogP contribution in [0.1, 0.15) is 36.5 Å². The zero-order chi connectivity index (χ0) is 22.3. The van der Waals surface area contributed by atoms with E-state index < -0.39 is 10.0 Å². The highest BCUT2D eigenvalue weighted by molar-refractivity contribution is 7.89. The Hall–Kier alpha value is -1.23. The maximum atomic E-state index is 12.7. The number of ether oxygens (including phenoxy) is 1. The zero-order valence-corrected chi connectivity index (χ0v) is 19.7. The van der Waals surface area contributed by atoms with Gasteiger partial charge in [-0.2, -0.15) is 0 Å². The number of sulfonamides is 1. The summed E-state index contributed by atoms with van der Waals surface area (Å²) >= 11 is 6.12. The first kappa shape index (κ1) is 24.4. The molecule has 2 N–H and O–H groups in total. The number of amides is 1. The van der Waals surface area contributed by atoms with Crippen LogP contribution in [0.5, 0.6) is 0 Å². The fourth-order valence-electron chi connectivity index (χ4n) is 3.87. The van der Waals surface area contributed by atoms with Crippen molar-refractivity contribution in [2.24, 2.45) is 0 Å². The molecule has 1 unspecified atom stereocenters. The molecule has 1 aromatic carbocycles. The van der Waals surface area contributed by atoms with Gasteiger partial charge < -0.3 is 19.9 Å². The van der Waals surface area contributed by atoms with E-state index in [0.29, 0.717) is 13.2 Å². The topological polar surface area (TPSA) is 91.0 Å². The van der Waals surface area contributed by atoms with Crippen molar-refractivity contribution in [3.63, 3.8) is 0 Å². The Morgan fingerprint density at radius 1 is 1.23 bits per heavy atom. The lowest BCUT2D eigenvalue weighted by molar-refractivity contribution is 0.0948. The Morgan fingerprint density at radius 3 is 2.65 bits per heavy atom. The molecule has 1 atom stereocenters. The van der Waals surface area contributed by atoms with Gasteiger partial charge in [0, 0.05) is 51.4 Å². The number of halogens is 1. The average Bonchev–Trinajstić information content (AvgIpc) is 3.29.